The number of imidazole rings is 1. The van der Waals surface area contributed by atoms with Gasteiger partial charge in [-0.2, -0.15) is 0 Å². The van der Waals surface area contributed by atoms with Crippen molar-refractivity contribution in [1.29, 1.82) is 0 Å². The van der Waals surface area contributed by atoms with Crippen molar-refractivity contribution in [2.75, 3.05) is 0 Å². The molecule has 0 atom stereocenters. The van der Waals surface area contributed by atoms with Crippen molar-refractivity contribution in [3.63, 3.8) is 0 Å². The molecule has 4 nitrogen and oxygen atoms in total. The van der Waals surface area contributed by atoms with E-state index in [4.69, 9.17) is 4.42 Å². The van der Waals surface area contributed by atoms with Crippen LogP contribution in [-0.4, -0.2) is 16.0 Å². The monoisotopic (exact) mass is 219 g/mol. The second-order valence-corrected chi connectivity index (χ2v) is 4.19. The van der Waals surface area contributed by atoms with E-state index in [9.17, 15) is 0 Å². The van der Waals surface area contributed by atoms with Crippen LogP contribution in [0.1, 0.15) is 25.4 Å². The fourth-order valence-electron chi connectivity index (χ4n) is 1.46. The number of nitrogens with zero attached hydrogens (tertiary/aromatic N) is 1. The minimum absolute atomic E-state index is 0.458. The summed E-state index contributed by atoms with van der Waals surface area (Å²) < 4.78 is 5.52. The molecule has 0 unspecified atom stereocenters. The number of aryl methyl sites for hydroxylation is 1. The zero-order valence-electron chi connectivity index (χ0n) is 9.87. The molecule has 0 radical (unpaired) electrons. The Balaban J connectivity index is 2.07. The quantitative estimate of drug-likeness (QED) is 0.830. The van der Waals surface area contributed by atoms with Crippen molar-refractivity contribution >= 4 is 0 Å². The molecule has 2 N–H and O–H groups in total. The molecule has 0 aromatic carbocycles. The molecule has 2 aromatic heterocycles. The van der Waals surface area contributed by atoms with E-state index in [0.717, 1.165) is 29.6 Å². The third-order valence-electron chi connectivity index (χ3n) is 2.31. The summed E-state index contributed by atoms with van der Waals surface area (Å²) in [6.45, 7) is 6.90. The van der Waals surface area contributed by atoms with Gasteiger partial charge in [0.25, 0.3) is 0 Å². The van der Waals surface area contributed by atoms with Gasteiger partial charge in [-0.05, 0) is 19.1 Å². The normalized spacial score (nSPS) is 11.2. The summed E-state index contributed by atoms with van der Waals surface area (Å²) in [4.78, 5) is 7.53. The summed E-state index contributed by atoms with van der Waals surface area (Å²) in [6, 6.07) is 4.35. The van der Waals surface area contributed by atoms with E-state index in [1.807, 2.05) is 19.1 Å². The highest BCUT2D eigenvalue weighted by Gasteiger charge is 2.06. The molecule has 0 aliphatic rings. The first-order chi connectivity index (χ1) is 7.65. The zero-order chi connectivity index (χ0) is 11.5. The summed E-state index contributed by atoms with van der Waals surface area (Å²) in [5.74, 6) is 2.67. The van der Waals surface area contributed by atoms with Gasteiger partial charge >= 0.3 is 0 Å². The molecule has 0 saturated carbocycles. The maximum atomic E-state index is 5.52. The Labute approximate surface area is 95.1 Å². The van der Waals surface area contributed by atoms with Crippen LogP contribution in [0.5, 0.6) is 0 Å². The van der Waals surface area contributed by atoms with Crippen molar-refractivity contribution < 1.29 is 4.42 Å². The van der Waals surface area contributed by atoms with Gasteiger partial charge in [-0.25, -0.2) is 4.98 Å². The van der Waals surface area contributed by atoms with Gasteiger partial charge in [-0.1, -0.05) is 13.8 Å². The van der Waals surface area contributed by atoms with Gasteiger partial charge < -0.3 is 14.7 Å². The lowest BCUT2D eigenvalue weighted by Gasteiger charge is -2.04. The van der Waals surface area contributed by atoms with E-state index in [0.29, 0.717) is 6.04 Å². The largest absolute Gasteiger partial charge is 0.460 e. The van der Waals surface area contributed by atoms with Crippen LogP contribution in [0.2, 0.25) is 0 Å². The van der Waals surface area contributed by atoms with Crippen molar-refractivity contribution in [1.82, 2.24) is 15.3 Å². The molecule has 0 bridgehead atoms. The maximum absolute atomic E-state index is 5.52. The zero-order valence-corrected chi connectivity index (χ0v) is 9.87. The van der Waals surface area contributed by atoms with Crippen LogP contribution in [0, 0.1) is 6.92 Å². The first-order valence-electron chi connectivity index (χ1n) is 5.49. The SMILES string of the molecule is Cc1ccc(-c2cnc(CNC(C)C)[nH]2)o1. The van der Waals surface area contributed by atoms with Crippen molar-refractivity contribution in [2.45, 2.75) is 33.4 Å². The van der Waals surface area contributed by atoms with Gasteiger partial charge in [0.2, 0.25) is 0 Å². The van der Waals surface area contributed by atoms with Crippen LogP contribution >= 0.6 is 0 Å². The second-order valence-electron chi connectivity index (χ2n) is 4.19. The van der Waals surface area contributed by atoms with E-state index in [-0.39, 0.29) is 0 Å². The van der Waals surface area contributed by atoms with Crippen molar-refractivity contribution in [2.24, 2.45) is 0 Å². The van der Waals surface area contributed by atoms with E-state index in [1.54, 1.807) is 6.20 Å². The molecule has 0 amide bonds. The van der Waals surface area contributed by atoms with E-state index >= 15 is 0 Å². The molecule has 0 aliphatic heterocycles. The van der Waals surface area contributed by atoms with Gasteiger partial charge in [-0.3, -0.25) is 0 Å². The number of nitrogens with one attached hydrogen (secondary N) is 2. The Morgan fingerprint density at radius 1 is 1.44 bits per heavy atom. The molecule has 4 heteroatoms. The summed E-state index contributed by atoms with van der Waals surface area (Å²) >= 11 is 0. The number of aromatic nitrogens is 2. The molecule has 0 aliphatic carbocycles. The minimum Gasteiger partial charge on any atom is -0.460 e. The smallest absolute Gasteiger partial charge is 0.152 e. The molecular weight excluding hydrogens is 202 g/mol. The van der Waals surface area contributed by atoms with Gasteiger partial charge in [-0.15, -0.1) is 0 Å². The van der Waals surface area contributed by atoms with E-state index in [2.05, 4.69) is 29.1 Å². The molecule has 16 heavy (non-hydrogen) atoms. The predicted molar refractivity (Wildman–Crippen MR) is 63.0 cm³/mol. The van der Waals surface area contributed by atoms with E-state index < -0.39 is 0 Å². The Hall–Kier alpha value is -1.55. The van der Waals surface area contributed by atoms with Gasteiger partial charge in [0.05, 0.1) is 12.7 Å². The Kier molecular flexibility index (Phi) is 3.10. The summed E-state index contributed by atoms with van der Waals surface area (Å²) in [5.41, 5.74) is 0.925. The van der Waals surface area contributed by atoms with E-state index in [1.165, 1.54) is 0 Å². The first kappa shape index (κ1) is 11.0. The number of aromatic amines is 1. The highest BCUT2D eigenvalue weighted by atomic mass is 16.3. The Bertz CT molecular complexity index is 456. The Morgan fingerprint density at radius 2 is 2.25 bits per heavy atom. The Morgan fingerprint density at radius 3 is 2.88 bits per heavy atom. The van der Waals surface area contributed by atoms with Crippen LogP contribution in [0.15, 0.2) is 22.7 Å². The fourth-order valence-corrected chi connectivity index (χ4v) is 1.46. The maximum Gasteiger partial charge on any atom is 0.152 e. The van der Waals surface area contributed by atoms with Crippen LogP contribution in [0.3, 0.4) is 0 Å². The van der Waals surface area contributed by atoms with Crippen LogP contribution in [0.4, 0.5) is 0 Å². The molecule has 0 saturated heterocycles. The number of hydrogen-bond acceptors (Lipinski definition) is 3. The highest BCUT2D eigenvalue weighted by molar-refractivity contribution is 5.51. The van der Waals surface area contributed by atoms with Crippen LogP contribution in [0.25, 0.3) is 11.5 Å². The lowest BCUT2D eigenvalue weighted by Crippen LogP contribution is -2.22. The molecular formula is C12H17N3O. The molecule has 2 heterocycles. The van der Waals surface area contributed by atoms with Gasteiger partial charge in [0.15, 0.2) is 5.76 Å². The molecule has 2 aromatic rings. The first-order valence-corrected chi connectivity index (χ1v) is 5.49. The van der Waals surface area contributed by atoms with Crippen molar-refractivity contribution in [3.8, 4) is 11.5 Å². The number of furan rings is 1. The lowest BCUT2D eigenvalue weighted by atomic mass is 10.3. The van der Waals surface area contributed by atoms with Crippen LogP contribution < -0.4 is 5.32 Å². The summed E-state index contributed by atoms with van der Waals surface area (Å²) in [6.07, 6.45) is 1.80. The summed E-state index contributed by atoms with van der Waals surface area (Å²) in [5, 5.41) is 3.31. The second kappa shape index (κ2) is 4.53. The highest BCUT2D eigenvalue weighted by Crippen LogP contribution is 2.19. The average Bonchev–Trinajstić information content (AvgIpc) is 2.83. The minimum atomic E-state index is 0.458. The molecule has 0 fully saturated rings. The molecule has 86 valence electrons. The number of rotatable bonds is 4. The summed E-state index contributed by atoms with van der Waals surface area (Å²) in [7, 11) is 0. The standard InChI is InChI=1S/C12H17N3O/c1-8(2)13-7-12-14-6-10(15-12)11-5-4-9(3)16-11/h4-6,8,13H,7H2,1-3H3,(H,14,15). The topological polar surface area (TPSA) is 53.9 Å². The predicted octanol–water partition coefficient (Wildman–Crippen LogP) is 2.48. The lowest BCUT2D eigenvalue weighted by molar-refractivity contribution is 0.546. The number of hydrogen-bond donors (Lipinski definition) is 2. The van der Waals surface area contributed by atoms with Gasteiger partial charge in [0, 0.05) is 6.04 Å². The molecule has 0 spiro atoms. The van der Waals surface area contributed by atoms with Crippen molar-refractivity contribution in [3.05, 3.63) is 29.9 Å². The fraction of sp³-hybridized carbons (Fsp3) is 0.417. The third kappa shape index (κ3) is 2.52. The number of H-pyrrole nitrogens is 1. The van der Waals surface area contributed by atoms with Crippen LogP contribution in [-0.2, 0) is 6.54 Å². The average molecular weight is 219 g/mol. The third-order valence-corrected chi connectivity index (χ3v) is 2.31. The van der Waals surface area contributed by atoms with Gasteiger partial charge in [0.1, 0.15) is 17.3 Å². The molecule has 2 rings (SSSR count).